The maximum Gasteiger partial charge on any atom is 0.222 e. The smallest absolute Gasteiger partial charge is 0.222 e. The number of hydrogen-bond acceptors (Lipinski definition) is 4. The van der Waals surface area contributed by atoms with Crippen molar-refractivity contribution < 1.29 is 20.1 Å². The molecule has 0 aliphatic carbocycles. The summed E-state index contributed by atoms with van der Waals surface area (Å²) in [7, 11) is 0. The Kier molecular flexibility index (Phi) is 59.9. The van der Waals surface area contributed by atoms with Crippen LogP contribution >= 0.6 is 0 Å². The maximum atomic E-state index is 12.6. The maximum absolute atomic E-state index is 12.6. The molecule has 70 heavy (non-hydrogen) atoms. The van der Waals surface area contributed by atoms with Gasteiger partial charge in [0.1, 0.15) is 0 Å². The third-order valence-corrected chi connectivity index (χ3v) is 15.6. The molecule has 0 aromatic heterocycles. The van der Waals surface area contributed by atoms with Gasteiger partial charge in [0.15, 0.2) is 0 Å². The van der Waals surface area contributed by atoms with Gasteiger partial charge in [-0.25, -0.2) is 0 Å². The number of carbonyl (C=O) groups excluding carboxylic acids is 1. The lowest BCUT2D eigenvalue weighted by atomic mass is 10.0. The Morgan fingerprint density at radius 2 is 0.571 bits per heavy atom. The van der Waals surface area contributed by atoms with Crippen LogP contribution in [0, 0.1) is 0 Å². The van der Waals surface area contributed by atoms with Gasteiger partial charge >= 0.3 is 0 Å². The zero-order chi connectivity index (χ0) is 50.7. The fourth-order valence-electron chi connectivity index (χ4n) is 10.6. The molecular formula is C65H129NO4. The Balaban J connectivity index is 3.43. The van der Waals surface area contributed by atoms with Crippen LogP contribution in [-0.4, -0.2) is 46.1 Å². The molecule has 418 valence electrons. The van der Waals surface area contributed by atoms with Crippen molar-refractivity contribution in [3.8, 4) is 0 Å². The SMILES string of the molecule is CCCCCCCCCCCCCCCCCCCC/C=C\CCCCCCCCCCCCCCCCCC(O)CC(=O)NC(CO)C(O)CCCCCCCCCCCCCCCCCCCC. The van der Waals surface area contributed by atoms with Crippen LogP contribution in [0.15, 0.2) is 12.2 Å². The van der Waals surface area contributed by atoms with Gasteiger partial charge in [-0.3, -0.25) is 4.79 Å². The van der Waals surface area contributed by atoms with Gasteiger partial charge < -0.3 is 20.6 Å². The summed E-state index contributed by atoms with van der Waals surface area (Å²) in [5, 5.41) is 33.7. The minimum atomic E-state index is -0.747. The molecule has 1 amide bonds. The zero-order valence-electron chi connectivity index (χ0n) is 47.9. The molecule has 0 aromatic rings. The largest absolute Gasteiger partial charge is 0.394 e. The summed E-state index contributed by atoms with van der Waals surface area (Å²) >= 11 is 0. The molecule has 0 saturated carbocycles. The number of unbranched alkanes of at least 4 members (excludes halogenated alkanes) is 50. The van der Waals surface area contributed by atoms with Gasteiger partial charge in [-0.15, -0.1) is 0 Å². The highest BCUT2D eigenvalue weighted by Crippen LogP contribution is 2.19. The highest BCUT2D eigenvalue weighted by atomic mass is 16.3. The summed E-state index contributed by atoms with van der Waals surface area (Å²) < 4.78 is 0. The molecule has 0 rings (SSSR count). The lowest BCUT2D eigenvalue weighted by molar-refractivity contribution is -0.125. The van der Waals surface area contributed by atoms with E-state index in [0.717, 1.165) is 25.7 Å². The molecule has 0 aromatic carbocycles. The second-order valence-electron chi connectivity index (χ2n) is 22.7. The third kappa shape index (κ3) is 56.4. The minimum Gasteiger partial charge on any atom is -0.394 e. The average Bonchev–Trinajstić information content (AvgIpc) is 3.36. The van der Waals surface area contributed by atoms with Gasteiger partial charge in [-0.2, -0.15) is 0 Å². The van der Waals surface area contributed by atoms with Crippen molar-refractivity contribution in [2.75, 3.05) is 6.61 Å². The predicted octanol–water partition coefficient (Wildman–Crippen LogP) is 20.6. The molecular weight excluding hydrogens is 859 g/mol. The summed E-state index contributed by atoms with van der Waals surface area (Å²) in [6.45, 7) is 4.31. The number of amides is 1. The summed E-state index contributed by atoms with van der Waals surface area (Å²) in [5.41, 5.74) is 0. The number of nitrogens with one attached hydrogen (secondary N) is 1. The number of aliphatic hydroxyl groups is 3. The van der Waals surface area contributed by atoms with Crippen LogP contribution < -0.4 is 5.32 Å². The first-order chi connectivity index (χ1) is 34.5. The van der Waals surface area contributed by atoms with Crippen molar-refractivity contribution in [1.82, 2.24) is 5.32 Å². The highest BCUT2D eigenvalue weighted by molar-refractivity contribution is 5.76. The van der Waals surface area contributed by atoms with Crippen molar-refractivity contribution in [2.24, 2.45) is 0 Å². The zero-order valence-corrected chi connectivity index (χ0v) is 47.9. The fourth-order valence-corrected chi connectivity index (χ4v) is 10.6. The third-order valence-electron chi connectivity index (χ3n) is 15.6. The summed E-state index contributed by atoms with van der Waals surface area (Å²) in [5.74, 6) is -0.275. The minimum absolute atomic E-state index is 0.0414. The molecule has 5 heteroatoms. The number of hydrogen-bond donors (Lipinski definition) is 4. The Hall–Kier alpha value is -0.910. The van der Waals surface area contributed by atoms with E-state index in [1.807, 2.05) is 0 Å². The normalized spacial score (nSPS) is 13.2. The Morgan fingerprint density at radius 3 is 0.829 bits per heavy atom. The number of aliphatic hydroxyl groups excluding tert-OH is 3. The second-order valence-corrected chi connectivity index (χ2v) is 22.7. The Labute approximate surface area is 440 Å². The summed E-state index contributed by atoms with van der Waals surface area (Å²) in [6, 6.07) is -0.656. The lowest BCUT2D eigenvalue weighted by Crippen LogP contribution is -2.46. The molecule has 4 N–H and O–H groups in total. The monoisotopic (exact) mass is 988 g/mol. The van der Waals surface area contributed by atoms with Crippen molar-refractivity contribution in [3.63, 3.8) is 0 Å². The first kappa shape index (κ1) is 69.1. The van der Waals surface area contributed by atoms with Crippen molar-refractivity contribution >= 4 is 5.91 Å². The Bertz CT molecular complexity index is 1000. The standard InChI is InChI=1S/C65H129NO4/c1-3-5-7-9-11-13-15-17-19-21-23-24-25-26-27-28-29-30-31-32-33-34-35-36-37-38-39-40-41-42-44-46-48-50-52-54-56-58-62(68)60-65(70)66-63(61-67)64(69)59-57-55-53-51-49-47-45-43-22-20-18-16-14-12-10-8-6-4-2/h32-33,62-64,67-69H,3-31,34-61H2,1-2H3,(H,66,70)/b33-32-. The fraction of sp³-hybridized carbons (Fsp3) is 0.954. The predicted molar refractivity (Wildman–Crippen MR) is 310 cm³/mol. The van der Waals surface area contributed by atoms with Crippen LogP contribution in [0.2, 0.25) is 0 Å². The van der Waals surface area contributed by atoms with E-state index in [4.69, 9.17) is 0 Å². The van der Waals surface area contributed by atoms with Crippen molar-refractivity contribution in [2.45, 2.75) is 392 Å². The van der Waals surface area contributed by atoms with E-state index in [-0.39, 0.29) is 18.9 Å². The van der Waals surface area contributed by atoms with E-state index in [2.05, 4.69) is 31.3 Å². The van der Waals surface area contributed by atoms with Gasteiger partial charge in [0.2, 0.25) is 5.91 Å². The number of allylic oxidation sites excluding steroid dienone is 2. The molecule has 3 unspecified atom stereocenters. The molecule has 0 fully saturated rings. The van der Waals surface area contributed by atoms with Gasteiger partial charge in [-0.1, -0.05) is 341 Å². The molecule has 0 bridgehead atoms. The molecule has 0 saturated heterocycles. The summed E-state index contributed by atoms with van der Waals surface area (Å²) in [6.07, 6.45) is 77.0. The molecule has 0 aliphatic rings. The quantitative estimate of drug-likeness (QED) is 0.0361. The first-order valence-electron chi connectivity index (χ1n) is 32.5. The van der Waals surface area contributed by atoms with Crippen molar-refractivity contribution in [3.05, 3.63) is 12.2 Å². The van der Waals surface area contributed by atoms with E-state index in [1.54, 1.807) is 0 Å². The average molecular weight is 989 g/mol. The molecule has 5 nitrogen and oxygen atoms in total. The highest BCUT2D eigenvalue weighted by Gasteiger charge is 2.21. The van der Waals surface area contributed by atoms with E-state index >= 15 is 0 Å². The van der Waals surface area contributed by atoms with Crippen molar-refractivity contribution in [1.29, 1.82) is 0 Å². The first-order valence-corrected chi connectivity index (χ1v) is 32.5. The second kappa shape index (κ2) is 60.6. The topological polar surface area (TPSA) is 89.8 Å². The molecule has 0 spiro atoms. The molecule has 0 heterocycles. The van der Waals surface area contributed by atoms with Crippen LogP contribution in [0.25, 0.3) is 0 Å². The number of carbonyl (C=O) groups is 1. The van der Waals surface area contributed by atoms with Gasteiger partial charge in [0.25, 0.3) is 0 Å². The van der Waals surface area contributed by atoms with Gasteiger partial charge in [-0.05, 0) is 38.5 Å². The van der Waals surface area contributed by atoms with Crippen LogP contribution in [0.5, 0.6) is 0 Å². The van der Waals surface area contributed by atoms with E-state index in [9.17, 15) is 20.1 Å². The number of rotatable bonds is 61. The van der Waals surface area contributed by atoms with E-state index in [0.29, 0.717) is 12.8 Å². The van der Waals surface area contributed by atoms with Crippen LogP contribution in [0.3, 0.4) is 0 Å². The van der Waals surface area contributed by atoms with Crippen LogP contribution in [0.4, 0.5) is 0 Å². The van der Waals surface area contributed by atoms with Crippen LogP contribution in [0.1, 0.15) is 373 Å². The van der Waals surface area contributed by atoms with Gasteiger partial charge in [0.05, 0.1) is 31.3 Å². The van der Waals surface area contributed by atoms with E-state index in [1.165, 1.54) is 315 Å². The van der Waals surface area contributed by atoms with Gasteiger partial charge in [0, 0.05) is 0 Å². The lowest BCUT2D eigenvalue weighted by Gasteiger charge is -2.23. The molecule has 0 aliphatic heterocycles. The van der Waals surface area contributed by atoms with E-state index < -0.39 is 18.2 Å². The molecule has 0 radical (unpaired) electrons. The summed E-state index contributed by atoms with van der Waals surface area (Å²) in [4.78, 5) is 12.6. The van der Waals surface area contributed by atoms with Crippen LogP contribution in [-0.2, 0) is 4.79 Å². The Morgan fingerprint density at radius 1 is 0.343 bits per heavy atom. The molecule has 3 atom stereocenters.